The molecule has 1 unspecified atom stereocenters. The second-order valence-electron chi connectivity index (χ2n) is 4.89. The SMILES string of the molecule is CSc1nnc(SCC(=O)NC(c2ccc(F)cc2)c2cccs2)s1. The van der Waals surface area contributed by atoms with Crippen LogP contribution in [0.3, 0.4) is 0 Å². The number of nitrogens with zero attached hydrogens (tertiary/aromatic N) is 2. The number of halogens is 1. The molecule has 0 saturated heterocycles. The fraction of sp³-hybridized carbons (Fsp3) is 0.188. The largest absolute Gasteiger partial charge is 0.344 e. The average molecular weight is 412 g/mol. The molecule has 0 radical (unpaired) electrons. The van der Waals surface area contributed by atoms with E-state index in [1.807, 2.05) is 23.8 Å². The molecule has 2 heterocycles. The van der Waals surface area contributed by atoms with Crippen LogP contribution in [-0.2, 0) is 4.79 Å². The molecular weight excluding hydrogens is 397 g/mol. The highest BCUT2D eigenvalue weighted by molar-refractivity contribution is 8.03. The summed E-state index contributed by atoms with van der Waals surface area (Å²) in [7, 11) is 0. The fourth-order valence-corrected chi connectivity index (χ4v) is 5.15. The van der Waals surface area contributed by atoms with Crippen LogP contribution in [0.15, 0.2) is 50.5 Å². The lowest BCUT2D eigenvalue weighted by atomic mass is 10.1. The van der Waals surface area contributed by atoms with Gasteiger partial charge in [-0.3, -0.25) is 4.79 Å². The van der Waals surface area contributed by atoms with Crippen LogP contribution in [0.1, 0.15) is 16.5 Å². The first-order chi connectivity index (χ1) is 12.2. The number of benzene rings is 1. The first kappa shape index (κ1) is 18.4. The van der Waals surface area contributed by atoms with Gasteiger partial charge in [0, 0.05) is 4.88 Å². The van der Waals surface area contributed by atoms with Crippen LogP contribution in [-0.4, -0.2) is 28.1 Å². The number of amides is 1. The van der Waals surface area contributed by atoms with Gasteiger partial charge in [0.25, 0.3) is 0 Å². The highest BCUT2D eigenvalue weighted by Gasteiger charge is 2.18. The number of carbonyl (C=O) groups is 1. The number of aromatic nitrogens is 2. The molecule has 1 N–H and O–H groups in total. The highest BCUT2D eigenvalue weighted by Crippen LogP contribution is 2.29. The van der Waals surface area contributed by atoms with Crippen molar-refractivity contribution in [3.8, 4) is 0 Å². The first-order valence-corrected chi connectivity index (χ1v) is 11.1. The molecule has 0 aliphatic carbocycles. The van der Waals surface area contributed by atoms with Crippen molar-refractivity contribution >= 4 is 52.1 Å². The van der Waals surface area contributed by atoms with Crippen molar-refractivity contribution in [1.82, 2.24) is 15.5 Å². The van der Waals surface area contributed by atoms with E-state index in [2.05, 4.69) is 15.5 Å². The van der Waals surface area contributed by atoms with Gasteiger partial charge in [0.1, 0.15) is 5.82 Å². The van der Waals surface area contributed by atoms with E-state index in [1.54, 1.807) is 23.5 Å². The van der Waals surface area contributed by atoms with Crippen molar-refractivity contribution in [2.24, 2.45) is 0 Å². The van der Waals surface area contributed by atoms with Crippen LogP contribution in [0.2, 0.25) is 0 Å². The molecule has 25 heavy (non-hydrogen) atoms. The topological polar surface area (TPSA) is 54.9 Å². The molecule has 130 valence electrons. The molecule has 2 aromatic heterocycles. The molecular formula is C16H14FN3OS4. The molecule has 0 saturated carbocycles. The van der Waals surface area contributed by atoms with Crippen LogP contribution in [0.4, 0.5) is 4.39 Å². The van der Waals surface area contributed by atoms with Crippen LogP contribution in [0.25, 0.3) is 0 Å². The minimum atomic E-state index is -0.295. The van der Waals surface area contributed by atoms with Crippen molar-refractivity contribution < 1.29 is 9.18 Å². The fourth-order valence-electron chi connectivity index (χ4n) is 2.10. The summed E-state index contributed by atoms with van der Waals surface area (Å²) < 4.78 is 14.8. The van der Waals surface area contributed by atoms with Crippen molar-refractivity contribution in [3.05, 3.63) is 58.0 Å². The molecule has 0 fully saturated rings. The summed E-state index contributed by atoms with van der Waals surface area (Å²) in [5, 5.41) is 13.0. The Morgan fingerprint density at radius 1 is 1.24 bits per heavy atom. The number of carbonyl (C=O) groups excluding carboxylic acids is 1. The Balaban J connectivity index is 1.67. The van der Waals surface area contributed by atoms with E-state index >= 15 is 0 Å². The number of rotatable bonds is 7. The van der Waals surface area contributed by atoms with E-state index in [-0.39, 0.29) is 23.5 Å². The molecule has 0 aliphatic rings. The Labute approximate surface area is 161 Å². The molecule has 3 aromatic rings. The van der Waals surface area contributed by atoms with Crippen molar-refractivity contribution in [2.75, 3.05) is 12.0 Å². The van der Waals surface area contributed by atoms with Gasteiger partial charge in [0.15, 0.2) is 8.68 Å². The maximum atomic E-state index is 13.2. The quantitative estimate of drug-likeness (QED) is 0.582. The molecule has 3 rings (SSSR count). The zero-order chi connectivity index (χ0) is 17.6. The molecule has 0 bridgehead atoms. The van der Waals surface area contributed by atoms with Gasteiger partial charge in [-0.05, 0) is 35.4 Å². The summed E-state index contributed by atoms with van der Waals surface area (Å²) in [4.78, 5) is 13.4. The standard InChI is InChI=1S/C16H14FN3OS4/c1-22-15-19-20-16(25-15)24-9-13(21)18-14(12-3-2-8-23-12)10-4-6-11(17)7-5-10/h2-8,14H,9H2,1H3,(H,18,21). The Bertz CT molecular complexity index is 820. The van der Waals surface area contributed by atoms with Crippen LogP contribution in [0, 0.1) is 5.82 Å². The minimum Gasteiger partial charge on any atom is -0.344 e. The van der Waals surface area contributed by atoms with E-state index < -0.39 is 0 Å². The second-order valence-corrected chi connectivity index (χ2v) is 9.13. The van der Waals surface area contributed by atoms with Gasteiger partial charge in [0.05, 0.1) is 11.8 Å². The predicted octanol–water partition coefficient (Wildman–Crippen LogP) is 4.46. The monoisotopic (exact) mass is 411 g/mol. The van der Waals surface area contributed by atoms with E-state index in [4.69, 9.17) is 0 Å². The predicted molar refractivity (Wildman–Crippen MR) is 103 cm³/mol. The van der Waals surface area contributed by atoms with E-state index in [1.165, 1.54) is 47.0 Å². The van der Waals surface area contributed by atoms with E-state index in [9.17, 15) is 9.18 Å². The maximum Gasteiger partial charge on any atom is 0.231 e. The van der Waals surface area contributed by atoms with Gasteiger partial charge >= 0.3 is 0 Å². The number of thiophene rings is 1. The van der Waals surface area contributed by atoms with Gasteiger partial charge in [0.2, 0.25) is 5.91 Å². The minimum absolute atomic E-state index is 0.103. The normalized spacial score (nSPS) is 12.1. The van der Waals surface area contributed by atoms with Gasteiger partial charge in [-0.1, -0.05) is 53.1 Å². The second kappa shape index (κ2) is 8.79. The molecule has 1 atom stereocenters. The Hall–Kier alpha value is -1.42. The first-order valence-electron chi connectivity index (χ1n) is 7.24. The lowest BCUT2D eigenvalue weighted by molar-refractivity contribution is -0.119. The van der Waals surface area contributed by atoms with Crippen LogP contribution < -0.4 is 5.32 Å². The van der Waals surface area contributed by atoms with E-state index in [0.717, 1.165) is 19.1 Å². The zero-order valence-corrected chi connectivity index (χ0v) is 16.4. The van der Waals surface area contributed by atoms with Gasteiger partial charge in [-0.2, -0.15) is 0 Å². The smallest absolute Gasteiger partial charge is 0.231 e. The molecule has 1 amide bonds. The molecule has 4 nitrogen and oxygen atoms in total. The van der Waals surface area contributed by atoms with Crippen molar-refractivity contribution in [1.29, 1.82) is 0 Å². The summed E-state index contributed by atoms with van der Waals surface area (Å²) in [6, 6.07) is 9.81. The number of nitrogens with one attached hydrogen (secondary N) is 1. The summed E-state index contributed by atoms with van der Waals surface area (Å²) in [6.45, 7) is 0. The zero-order valence-electron chi connectivity index (χ0n) is 13.1. The van der Waals surface area contributed by atoms with Gasteiger partial charge in [-0.25, -0.2) is 4.39 Å². The number of thioether (sulfide) groups is 2. The molecule has 0 aliphatic heterocycles. The van der Waals surface area contributed by atoms with Crippen LogP contribution in [0.5, 0.6) is 0 Å². The van der Waals surface area contributed by atoms with E-state index in [0.29, 0.717) is 0 Å². The van der Waals surface area contributed by atoms with Crippen LogP contribution >= 0.6 is 46.2 Å². The third-order valence-electron chi connectivity index (χ3n) is 3.23. The average Bonchev–Trinajstić information content (AvgIpc) is 3.30. The van der Waals surface area contributed by atoms with Gasteiger partial charge < -0.3 is 5.32 Å². The molecule has 0 spiro atoms. The molecule has 9 heteroatoms. The Morgan fingerprint density at radius 2 is 2.00 bits per heavy atom. The third-order valence-corrected chi connectivity index (χ3v) is 7.19. The third kappa shape index (κ3) is 5.04. The Kier molecular flexibility index (Phi) is 6.46. The van der Waals surface area contributed by atoms with Gasteiger partial charge in [-0.15, -0.1) is 21.5 Å². The number of hydrogen-bond donors (Lipinski definition) is 1. The number of hydrogen-bond acceptors (Lipinski definition) is 7. The Morgan fingerprint density at radius 3 is 2.64 bits per heavy atom. The molecule has 1 aromatic carbocycles. The van der Waals surface area contributed by atoms with Crippen molar-refractivity contribution in [2.45, 2.75) is 14.7 Å². The lowest BCUT2D eigenvalue weighted by Crippen LogP contribution is -2.30. The lowest BCUT2D eigenvalue weighted by Gasteiger charge is -2.18. The summed E-state index contributed by atoms with van der Waals surface area (Å²) >= 11 is 5.93. The van der Waals surface area contributed by atoms with Crippen molar-refractivity contribution in [3.63, 3.8) is 0 Å². The summed E-state index contributed by atoms with van der Waals surface area (Å²) in [5.74, 6) is -0.142. The highest BCUT2D eigenvalue weighted by atomic mass is 32.2. The summed E-state index contributed by atoms with van der Waals surface area (Å²) in [5.41, 5.74) is 0.850. The summed E-state index contributed by atoms with van der Waals surface area (Å²) in [6.07, 6.45) is 1.94. The maximum absolute atomic E-state index is 13.2.